The van der Waals surface area contributed by atoms with Crippen LogP contribution in [0.3, 0.4) is 0 Å². The number of rotatable bonds is 10. The van der Waals surface area contributed by atoms with Gasteiger partial charge in [-0.15, -0.1) is 11.3 Å². The first-order chi connectivity index (χ1) is 17.0. The van der Waals surface area contributed by atoms with Crippen LogP contribution in [0.2, 0.25) is 0 Å². The Balaban J connectivity index is 1.65. The second-order valence-corrected chi connectivity index (χ2v) is 9.65. The molecule has 0 saturated carbocycles. The van der Waals surface area contributed by atoms with Gasteiger partial charge in [0.1, 0.15) is 10.8 Å². The Hall–Kier alpha value is -3.38. The zero-order valence-electron chi connectivity index (χ0n) is 20.9. The van der Waals surface area contributed by atoms with Gasteiger partial charge in [-0.1, -0.05) is 43.2 Å². The Bertz CT molecular complexity index is 1270. The quantitative estimate of drug-likeness (QED) is 0.254. The smallest absolute Gasteiger partial charge is 0.253 e. The van der Waals surface area contributed by atoms with Crippen molar-refractivity contribution in [1.29, 1.82) is 0 Å². The summed E-state index contributed by atoms with van der Waals surface area (Å²) in [5.74, 6) is 0.807. The number of thiazole rings is 1. The molecule has 6 heteroatoms. The fourth-order valence-electron chi connectivity index (χ4n) is 4.10. The molecule has 4 rings (SSSR count). The molecule has 0 fully saturated rings. The molecule has 1 amide bonds. The van der Waals surface area contributed by atoms with Crippen molar-refractivity contribution in [3.63, 3.8) is 0 Å². The van der Waals surface area contributed by atoms with Crippen molar-refractivity contribution >= 4 is 17.2 Å². The highest BCUT2D eigenvalue weighted by atomic mass is 32.1. The summed E-state index contributed by atoms with van der Waals surface area (Å²) in [5.41, 5.74) is 7.15. The molecular weight excluding hydrogens is 454 g/mol. The lowest BCUT2D eigenvalue weighted by atomic mass is 10.1. The Morgan fingerprint density at radius 2 is 1.83 bits per heavy atom. The van der Waals surface area contributed by atoms with Gasteiger partial charge in [-0.05, 0) is 62.6 Å². The molecule has 35 heavy (non-hydrogen) atoms. The lowest BCUT2D eigenvalue weighted by Gasteiger charge is -2.11. The van der Waals surface area contributed by atoms with Crippen molar-refractivity contribution in [2.75, 3.05) is 13.7 Å². The maximum Gasteiger partial charge on any atom is 0.253 e. The van der Waals surface area contributed by atoms with Crippen LogP contribution in [0.25, 0.3) is 22.0 Å². The minimum Gasteiger partial charge on any atom is -0.497 e. The van der Waals surface area contributed by atoms with Gasteiger partial charge in [0, 0.05) is 29.7 Å². The molecule has 5 nitrogen and oxygen atoms in total. The van der Waals surface area contributed by atoms with E-state index in [1.54, 1.807) is 18.4 Å². The number of hydrogen-bond acceptors (Lipinski definition) is 4. The molecule has 0 saturated heterocycles. The lowest BCUT2D eigenvalue weighted by molar-refractivity contribution is 0.0952. The third-order valence-corrected chi connectivity index (χ3v) is 7.17. The number of hydrogen-bond donors (Lipinski definition) is 1. The minimum atomic E-state index is -0.0168. The number of amides is 1. The SMILES string of the molecule is CCCCNC(=O)c1cc(-c2csc(-c3ccc(OC)cc3)n2)n(CCc2ccc(C)cc2)c1C. The first-order valence-electron chi connectivity index (χ1n) is 12.1. The van der Waals surface area contributed by atoms with Crippen LogP contribution in [0.4, 0.5) is 0 Å². The summed E-state index contributed by atoms with van der Waals surface area (Å²) in [6.45, 7) is 7.73. The average molecular weight is 488 g/mol. The molecule has 4 aromatic rings. The first-order valence-corrected chi connectivity index (χ1v) is 13.0. The number of aryl methyl sites for hydroxylation is 2. The molecule has 0 aliphatic carbocycles. The number of aromatic nitrogens is 2. The fourth-order valence-corrected chi connectivity index (χ4v) is 4.92. The van der Waals surface area contributed by atoms with E-state index in [0.29, 0.717) is 6.54 Å². The molecule has 0 radical (unpaired) electrons. The lowest BCUT2D eigenvalue weighted by Crippen LogP contribution is -2.24. The maximum atomic E-state index is 13.0. The molecule has 2 aromatic heterocycles. The molecule has 0 atom stereocenters. The second kappa shape index (κ2) is 11.4. The number of carbonyl (C=O) groups is 1. The van der Waals surface area contributed by atoms with Crippen molar-refractivity contribution in [2.24, 2.45) is 0 Å². The van der Waals surface area contributed by atoms with E-state index in [9.17, 15) is 4.79 Å². The summed E-state index contributed by atoms with van der Waals surface area (Å²) < 4.78 is 7.52. The summed E-state index contributed by atoms with van der Waals surface area (Å²) in [4.78, 5) is 17.9. The fraction of sp³-hybridized carbons (Fsp3) is 0.310. The summed E-state index contributed by atoms with van der Waals surface area (Å²) >= 11 is 1.61. The molecule has 0 spiro atoms. The third-order valence-electron chi connectivity index (χ3n) is 6.28. The van der Waals surface area contributed by atoms with Crippen molar-refractivity contribution < 1.29 is 9.53 Å². The first kappa shape index (κ1) is 24.7. The van der Waals surface area contributed by atoms with Gasteiger partial charge in [0.2, 0.25) is 0 Å². The van der Waals surface area contributed by atoms with E-state index in [1.807, 2.05) is 37.3 Å². The molecule has 2 heterocycles. The van der Waals surface area contributed by atoms with Crippen LogP contribution in [0.15, 0.2) is 60.0 Å². The van der Waals surface area contributed by atoms with Crippen LogP contribution < -0.4 is 10.1 Å². The number of ether oxygens (including phenoxy) is 1. The van der Waals surface area contributed by atoms with E-state index in [1.165, 1.54) is 11.1 Å². The van der Waals surface area contributed by atoms with Gasteiger partial charge in [0.15, 0.2) is 0 Å². The Labute approximate surface area is 211 Å². The van der Waals surface area contributed by atoms with E-state index in [-0.39, 0.29) is 5.91 Å². The Morgan fingerprint density at radius 1 is 1.09 bits per heavy atom. The van der Waals surface area contributed by atoms with Crippen molar-refractivity contribution in [3.8, 4) is 27.7 Å². The van der Waals surface area contributed by atoms with Crippen molar-refractivity contribution in [2.45, 2.75) is 46.6 Å². The van der Waals surface area contributed by atoms with Gasteiger partial charge in [0.05, 0.1) is 24.1 Å². The molecular formula is C29H33N3O2S. The molecule has 0 aliphatic rings. The number of nitrogens with one attached hydrogen (secondary N) is 1. The van der Waals surface area contributed by atoms with E-state index >= 15 is 0 Å². The van der Waals surface area contributed by atoms with Crippen molar-refractivity contribution in [3.05, 3.63) is 82.4 Å². The molecule has 2 aromatic carbocycles. The number of nitrogens with zero attached hydrogens (tertiary/aromatic N) is 2. The number of unbranched alkanes of at least 4 members (excludes halogenated alkanes) is 1. The highest BCUT2D eigenvalue weighted by molar-refractivity contribution is 7.13. The van der Waals surface area contributed by atoms with Crippen LogP contribution in [0, 0.1) is 13.8 Å². The minimum absolute atomic E-state index is 0.0168. The topological polar surface area (TPSA) is 56.1 Å². The standard InChI is InChI=1S/C29H33N3O2S/c1-5-6-16-30-28(33)25-18-27(32(21(25)3)17-15-22-9-7-20(2)8-10-22)26-19-35-29(31-26)23-11-13-24(34-4)14-12-23/h7-14,18-19H,5-6,15-17H2,1-4H3,(H,30,33). The van der Waals surface area contributed by atoms with Crippen LogP contribution in [0.1, 0.15) is 46.9 Å². The maximum absolute atomic E-state index is 13.0. The highest BCUT2D eigenvalue weighted by Crippen LogP contribution is 2.32. The molecule has 182 valence electrons. The van der Waals surface area contributed by atoms with Crippen LogP contribution in [-0.4, -0.2) is 29.1 Å². The highest BCUT2D eigenvalue weighted by Gasteiger charge is 2.20. The van der Waals surface area contributed by atoms with Crippen LogP contribution in [0.5, 0.6) is 5.75 Å². The van der Waals surface area contributed by atoms with Gasteiger partial charge < -0.3 is 14.6 Å². The third kappa shape index (κ3) is 5.82. The summed E-state index contributed by atoms with van der Waals surface area (Å²) in [7, 11) is 1.67. The summed E-state index contributed by atoms with van der Waals surface area (Å²) in [6, 6.07) is 18.6. The largest absolute Gasteiger partial charge is 0.497 e. The van der Waals surface area contributed by atoms with Gasteiger partial charge in [-0.2, -0.15) is 0 Å². The predicted molar refractivity (Wildman–Crippen MR) is 144 cm³/mol. The number of carbonyl (C=O) groups excluding carboxylic acids is 1. The van der Waals surface area contributed by atoms with Crippen LogP contribution >= 0.6 is 11.3 Å². The molecule has 1 N–H and O–H groups in total. The van der Waals surface area contributed by atoms with E-state index in [0.717, 1.165) is 64.8 Å². The van der Waals surface area contributed by atoms with Gasteiger partial charge >= 0.3 is 0 Å². The van der Waals surface area contributed by atoms with Crippen molar-refractivity contribution in [1.82, 2.24) is 14.9 Å². The number of methoxy groups -OCH3 is 1. The Kier molecular flexibility index (Phi) is 8.03. The molecule has 0 aliphatic heterocycles. The van der Waals surface area contributed by atoms with E-state index < -0.39 is 0 Å². The average Bonchev–Trinajstić information content (AvgIpc) is 3.49. The Morgan fingerprint density at radius 3 is 2.51 bits per heavy atom. The van der Waals surface area contributed by atoms with Gasteiger partial charge in [0.25, 0.3) is 5.91 Å². The summed E-state index contributed by atoms with van der Waals surface area (Å²) in [6.07, 6.45) is 2.91. The van der Waals surface area contributed by atoms with Gasteiger partial charge in [-0.3, -0.25) is 4.79 Å². The molecule has 0 unspecified atom stereocenters. The van der Waals surface area contributed by atoms with Gasteiger partial charge in [-0.25, -0.2) is 4.98 Å². The second-order valence-electron chi connectivity index (χ2n) is 8.79. The van der Waals surface area contributed by atoms with Crippen LogP contribution in [-0.2, 0) is 13.0 Å². The van der Waals surface area contributed by atoms with E-state index in [2.05, 4.69) is 53.4 Å². The monoisotopic (exact) mass is 487 g/mol. The molecule has 0 bridgehead atoms. The normalized spacial score (nSPS) is 11.0. The summed E-state index contributed by atoms with van der Waals surface area (Å²) in [5, 5.41) is 6.10. The zero-order chi connectivity index (χ0) is 24.8. The van der Waals surface area contributed by atoms with E-state index in [4.69, 9.17) is 9.72 Å². The predicted octanol–water partition coefficient (Wildman–Crippen LogP) is 6.68. The zero-order valence-corrected chi connectivity index (χ0v) is 21.7. The number of benzene rings is 2.